The number of halogens is 1. The normalized spacial score (nSPS) is 10.5. The number of carbonyl (C=O) groups is 2. The molecule has 0 spiro atoms. The van der Waals surface area contributed by atoms with Gasteiger partial charge in [0.1, 0.15) is 0 Å². The average Bonchev–Trinajstić information content (AvgIpc) is 2.88. The maximum atomic E-state index is 12.2. The Morgan fingerprint density at radius 3 is 2.74 bits per heavy atom. The van der Waals surface area contributed by atoms with Crippen molar-refractivity contribution in [2.24, 2.45) is 0 Å². The van der Waals surface area contributed by atoms with E-state index >= 15 is 0 Å². The van der Waals surface area contributed by atoms with E-state index in [1.807, 2.05) is 37.3 Å². The molecular weight excluding hydrogens is 334 g/mol. The number of unbranched alkanes of at least 4 members (excludes halogenated alkanes) is 1. The van der Waals surface area contributed by atoms with E-state index in [1.165, 1.54) is 11.3 Å². The summed E-state index contributed by atoms with van der Waals surface area (Å²) in [7, 11) is 0. The highest BCUT2D eigenvalue weighted by atomic mass is 35.5. The van der Waals surface area contributed by atoms with Crippen LogP contribution in [0.2, 0.25) is 5.02 Å². The number of benzene rings is 1. The monoisotopic (exact) mass is 351 g/mol. The molecular formula is C17H18ClNO3S. The van der Waals surface area contributed by atoms with Crippen LogP contribution in [-0.4, -0.2) is 23.5 Å². The minimum Gasteiger partial charge on any atom is -0.481 e. The first-order chi connectivity index (χ1) is 11.0. The van der Waals surface area contributed by atoms with Crippen LogP contribution in [0.1, 0.15) is 34.5 Å². The number of carbonyl (C=O) groups excluding carboxylic acids is 1. The Balaban J connectivity index is 1.97. The number of carboxylic acids is 1. The molecule has 1 amide bonds. The summed E-state index contributed by atoms with van der Waals surface area (Å²) in [6, 6.07) is 9.43. The zero-order chi connectivity index (χ0) is 16.8. The summed E-state index contributed by atoms with van der Waals surface area (Å²) in [6.07, 6.45) is 1.35. The van der Waals surface area contributed by atoms with E-state index in [1.54, 1.807) is 0 Å². The van der Waals surface area contributed by atoms with Gasteiger partial charge in [-0.3, -0.25) is 9.59 Å². The van der Waals surface area contributed by atoms with Gasteiger partial charge in [-0.15, -0.1) is 11.3 Å². The fourth-order valence-corrected chi connectivity index (χ4v) is 3.48. The lowest BCUT2D eigenvalue weighted by atomic mass is 10.1. The molecule has 6 heteroatoms. The minimum absolute atomic E-state index is 0.123. The van der Waals surface area contributed by atoms with Crippen molar-refractivity contribution in [2.45, 2.75) is 26.2 Å². The predicted molar refractivity (Wildman–Crippen MR) is 93.3 cm³/mol. The molecule has 0 atom stereocenters. The van der Waals surface area contributed by atoms with E-state index in [0.29, 0.717) is 29.3 Å². The third kappa shape index (κ3) is 5.08. The molecule has 1 aromatic carbocycles. The SMILES string of the molecule is Cc1cc(C(=O)NCCCCC(=O)O)sc1-c1cccc(Cl)c1. The maximum Gasteiger partial charge on any atom is 0.303 e. The number of nitrogens with one attached hydrogen (secondary N) is 1. The van der Waals surface area contributed by atoms with Crippen LogP contribution >= 0.6 is 22.9 Å². The second kappa shape index (κ2) is 8.13. The van der Waals surface area contributed by atoms with Crippen LogP contribution in [0.5, 0.6) is 0 Å². The molecule has 4 nitrogen and oxygen atoms in total. The van der Waals surface area contributed by atoms with Gasteiger partial charge in [-0.1, -0.05) is 23.7 Å². The van der Waals surface area contributed by atoms with Crippen molar-refractivity contribution < 1.29 is 14.7 Å². The third-order valence-corrected chi connectivity index (χ3v) is 4.85. The van der Waals surface area contributed by atoms with Gasteiger partial charge in [-0.05, 0) is 49.1 Å². The standard InChI is InChI=1S/C17H18ClNO3S/c1-11-9-14(17(22)19-8-3-2-7-15(20)21)23-16(11)12-5-4-6-13(18)10-12/h4-6,9-10H,2-3,7-8H2,1H3,(H,19,22)(H,20,21). The van der Waals surface area contributed by atoms with Crippen LogP contribution in [0.3, 0.4) is 0 Å². The second-order valence-corrected chi connectivity index (χ2v) is 6.73. The fraction of sp³-hybridized carbons (Fsp3) is 0.294. The van der Waals surface area contributed by atoms with Crippen molar-refractivity contribution in [3.63, 3.8) is 0 Å². The highest BCUT2D eigenvalue weighted by Gasteiger charge is 2.13. The first-order valence-corrected chi connectivity index (χ1v) is 8.53. The van der Waals surface area contributed by atoms with Crippen LogP contribution in [0.4, 0.5) is 0 Å². The van der Waals surface area contributed by atoms with E-state index in [-0.39, 0.29) is 12.3 Å². The Morgan fingerprint density at radius 1 is 1.26 bits per heavy atom. The quantitative estimate of drug-likeness (QED) is 0.728. The Hall–Kier alpha value is -1.85. The fourth-order valence-electron chi connectivity index (χ4n) is 2.20. The molecule has 0 unspecified atom stereocenters. The lowest BCUT2D eigenvalue weighted by molar-refractivity contribution is -0.137. The number of aliphatic carboxylic acids is 1. The molecule has 0 saturated heterocycles. The Bertz CT molecular complexity index is 712. The molecule has 122 valence electrons. The molecule has 1 heterocycles. The van der Waals surface area contributed by atoms with Crippen molar-refractivity contribution in [1.82, 2.24) is 5.32 Å². The van der Waals surface area contributed by atoms with Gasteiger partial charge in [-0.25, -0.2) is 0 Å². The van der Waals surface area contributed by atoms with Crippen LogP contribution < -0.4 is 5.32 Å². The topological polar surface area (TPSA) is 66.4 Å². The first-order valence-electron chi connectivity index (χ1n) is 7.33. The smallest absolute Gasteiger partial charge is 0.303 e. The van der Waals surface area contributed by atoms with Gasteiger partial charge in [0.05, 0.1) is 4.88 Å². The van der Waals surface area contributed by atoms with Gasteiger partial charge >= 0.3 is 5.97 Å². The molecule has 0 saturated carbocycles. The first kappa shape index (κ1) is 17.5. The summed E-state index contributed by atoms with van der Waals surface area (Å²) in [6.45, 7) is 2.45. The zero-order valence-electron chi connectivity index (χ0n) is 12.8. The summed E-state index contributed by atoms with van der Waals surface area (Å²) >= 11 is 7.45. The van der Waals surface area contributed by atoms with Crippen LogP contribution in [0.15, 0.2) is 30.3 Å². The molecule has 0 aliphatic carbocycles. The number of carboxylic acid groups (broad SMARTS) is 1. The number of amides is 1. The predicted octanol–water partition coefficient (Wildman–Crippen LogP) is 4.36. The third-order valence-electron chi connectivity index (χ3n) is 3.33. The summed E-state index contributed by atoms with van der Waals surface area (Å²) in [5, 5.41) is 12.1. The highest BCUT2D eigenvalue weighted by Crippen LogP contribution is 2.33. The van der Waals surface area contributed by atoms with Gasteiger partial charge in [-0.2, -0.15) is 0 Å². The number of hydrogen-bond donors (Lipinski definition) is 2. The van der Waals surface area contributed by atoms with E-state index in [2.05, 4.69) is 5.32 Å². The number of aryl methyl sites for hydroxylation is 1. The number of rotatable bonds is 7. The van der Waals surface area contributed by atoms with E-state index in [0.717, 1.165) is 16.0 Å². The Labute approximate surface area is 144 Å². The summed E-state index contributed by atoms with van der Waals surface area (Å²) in [5.41, 5.74) is 2.04. The number of thiophene rings is 1. The molecule has 2 rings (SSSR count). The average molecular weight is 352 g/mol. The van der Waals surface area contributed by atoms with Gasteiger partial charge in [0.25, 0.3) is 5.91 Å². The molecule has 0 aliphatic rings. The van der Waals surface area contributed by atoms with Crippen LogP contribution in [-0.2, 0) is 4.79 Å². The van der Waals surface area contributed by atoms with Gasteiger partial charge in [0.15, 0.2) is 0 Å². The van der Waals surface area contributed by atoms with Gasteiger partial charge in [0.2, 0.25) is 0 Å². The van der Waals surface area contributed by atoms with Gasteiger partial charge in [0, 0.05) is 22.9 Å². The molecule has 1 aromatic heterocycles. The Kier molecular flexibility index (Phi) is 6.19. The van der Waals surface area contributed by atoms with Crippen molar-refractivity contribution in [2.75, 3.05) is 6.54 Å². The lowest BCUT2D eigenvalue weighted by Crippen LogP contribution is -2.23. The number of hydrogen-bond acceptors (Lipinski definition) is 3. The molecule has 0 radical (unpaired) electrons. The molecule has 0 aliphatic heterocycles. The molecule has 0 bridgehead atoms. The van der Waals surface area contributed by atoms with E-state index in [9.17, 15) is 9.59 Å². The van der Waals surface area contributed by atoms with Crippen molar-refractivity contribution in [1.29, 1.82) is 0 Å². The molecule has 2 aromatic rings. The highest BCUT2D eigenvalue weighted by molar-refractivity contribution is 7.17. The van der Waals surface area contributed by atoms with Crippen molar-refractivity contribution in [3.05, 3.63) is 45.8 Å². The summed E-state index contributed by atoms with van der Waals surface area (Å²) in [5.74, 6) is -0.932. The van der Waals surface area contributed by atoms with E-state index < -0.39 is 5.97 Å². The van der Waals surface area contributed by atoms with Crippen LogP contribution in [0.25, 0.3) is 10.4 Å². The van der Waals surface area contributed by atoms with Crippen molar-refractivity contribution >= 4 is 34.8 Å². The van der Waals surface area contributed by atoms with E-state index in [4.69, 9.17) is 16.7 Å². The minimum atomic E-state index is -0.809. The molecule has 2 N–H and O–H groups in total. The summed E-state index contributed by atoms with van der Waals surface area (Å²) in [4.78, 5) is 24.3. The summed E-state index contributed by atoms with van der Waals surface area (Å²) < 4.78 is 0. The molecule has 23 heavy (non-hydrogen) atoms. The second-order valence-electron chi connectivity index (χ2n) is 5.24. The largest absolute Gasteiger partial charge is 0.481 e. The maximum absolute atomic E-state index is 12.2. The van der Waals surface area contributed by atoms with Crippen LogP contribution in [0, 0.1) is 6.92 Å². The zero-order valence-corrected chi connectivity index (χ0v) is 14.3. The lowest BCUT2D eigenvalue weighted by Gasteiger charge is -2.02. The molecule has 0 fully saturated rings. The Morgan fingerprint density at radius 2 is 2.04 bits per heavy atom. The van der Waals surface area contributed by atoms with Crippen molar-refractivity contribution in [3.8, 4) is 10.4 Å². The van der Waals surface area contributed by atoms with Gasteiger partial charge < -0.3 is 10.4 Å².